The van der Waals surface area contributed by atoms with Gasteiger partial charge in [-0.1, -0.05) is 12.2 Å². The Bertz CT molecular complexity index is 66.5. The molecule has 0 aromatic carbocycles. The maximum Gasteiger partial charge on any atom is -0.00329 e. The second-order valence-electron chi connectivity index (χ2n) is 2.01. The fraction of sp³-hybridized carbons (Fsp3) is 0.714. The van der Waals surface area contributed by atoms with Crippen molar-refractivity contribution in [1.82, 2.24) is 0 Å². The lowest BCUT2D eigenvalue weighted by Crippen LogP contribution is -1.84. The molecule has 0 amide bonds. The minimum atomic E-state index is 1.28. The lowest BCUT2D eigenvalue weighted by molar-refractivity contribution is 0.954. The molecule has 0 fully saturated rings. The van der Waals surface area contributed by atoms with Crippen LogP contribution >= 0.6 is 11.8 Å². The molecule has 1 aliphatic heterocycles. The Kier molecular flexibility index (Phi) is 3.12. The molecule has 0 aromatic rings. The summed E-state index contributed by atoms with van der Waals surface area (Å²) < 4.78 is 0. The average Bonchev–Trinajstić information content (AvgIpc) is 1.62. The molecule has 0 unspecified atom stereocenters. The average molecular weight is 128 g/mol. The van der Waals surface area contributed by atoms with Crippen LogP contribution in [0.15, 0.2) is 12.2 Å². The number of thioether (sulfide) groups is 1. The van der Waals surface area contributed by atoms with Crippen LogP contribution in [-0.2, 0) is 0 Å². The Morgan fingerprint density at radius 2 is 1.88 bits per heavy atom. The molecule has 1 heteroatoms. The standard InChI is InChI=1S/C7H12S/c1-2-4-6-8-7-5-3-1/h1-2H,3-7H2. The van der Waals surface area contributed by atoms with Crippen LogP contribution in [-0.4, -0.2) is 11.5 Å². The van der Waals surface area contributed by atoms with E-state index >= 15 is 0 Å². The molecule has 8 heavy (non-hydrogen) atoms. The molecular formula is C7H12S. The maximum absolute atomic E-state index is 2.31. The number of allylic oxidation sites excluding steroid dienone is 2. The Morgan fingerprint density at radius 1 is 1.00 bits per heavy atom. The molecule has 46 valence electrons. The Morgan fingerprint density at radius 3 is 2.88 bits per heavy atom. The molecule has 0 aliphatic carbocycles. The summed E-state index contributed by atoms with van der Waals surface area (Å²) in [5.41, 5.74) is 0. The fourth-order valence-electron chi connectivity index (χ4n) is 0.792. The first-order valence-corrected chi connectivity index (χ1v) is 4.38. The van der Waals surface area contributed by atoms with Crippen molar-refractivity contribution in [3.63, 3.8) is 0 Å². The van der Waals surface area contributed by atoms with E-state index in [2.05, 4.69) is 23.9 Å². The predicted octanol–water partition coefficient (Wildman–Crippen LogP) is 2.46. The minimum Gasteiger partial charge on any atom is -0.162 e. The summed E-state index contributed by atoms with van der Waals surface area (Å²) in [5.74, 6) is 2.70. The molecule has 0 radical (unpaired) electrons. The highest BCUT2D eigenvalue weighted by Gasteiger charge is 1.89. The molecular weight excluding hydrogens is 116 g/mol. The van der Waals surface area contributed by atoms with Gasteiger partial charge in [0.25, 0.3) is 0 Å². The second-order valence-corrected chi connectivity index (χ2v) is 3.24. The first kappa shape index (κ1) is 6.21. The molecule has 0 saturated heterocycles. The number of rotatable bonds is 0. The third-order valence-corrected chi connectivity index (χ3v) is 2.36. The van der Waals surface area contributed by atoms with Crippen molar-refractivity contribution < 1.29 is 0 Å². The summed E-state index contributed by atoms with van der Waals surface area (Å²) >= 11 is 2.08. The third kappa shape index (κ3) is 2.41. The molecule has 0 saturated carbocycles. The van der Waals surface area contributed by atoms with E-state index in [0.717, 1.165) is 0 Å². The molecule has 1 aliphatic rings. The largest absolute Gasteiger partial charge is 0.162 e. The van der Waals surface area contributed by atoms with Gasteiger partial charge in [0, 0.05) is 0 Å². The van der Waals surface area contributed by atoms with Crippen LogP contribution in [0.2, 0.25) is 0 Å². The van der Waals surface area contributed by atoms with E-state index in [1.165, 1.54) is 30.8 Å². The van der Waals surface area contributed by atoms with Gasteiger partial charge in [-0.15, -0.1) is 0 Å². The lowest BCUT2D eigenvalue weighted by Gasteiger charge is -2.00. The van der Waals surface area contributed by atoms with E-state index in [4.69, 9.17) is 0 Å². The van der Waals surface area contributed by atoms with Crippen LogP contribution in [0.25, 0.3) is 0 Å². The van der Waals surface area contributed by atoms with E-state index in [9.17, 15) is 0 Å². The van der Waals surface area contributed by atoms with Gasteiger partial charge in [0.15, 0.2) is 0 Å². The monoisotopic (exact) mass is 128 g/mol. The van der Waals surface area contributed by atoms with E-state index < -0.39 is 0 Å². The van der Waals surface area contributed by atoms with E-state index in [-0.39, 0.29) is 0 Å². The van der Waals surface area contributed by atoms with Crippen molar-refractivity contribution in [3.05, 3.63) is 12.2 Å². The fourth-order valence-corrected chi connectivity index (χ4v) is 1.67. The normalized spacial score (nSPS) is 22.0. The summed E-state index contributed by atoms with van der Waals surface area (Å²) in [4.78, 5) is 0. The van der Waals surface area contributed by atoms with Crippen LogP contribution in [0.5, 0.6) is 0 Å². The zero-order chi connectivity index (χ0) is 5.66. The van der Waals surface area contributed by atoms with Crippen molar-refractivity contribution in [2.75, 3.05) is 11.5 Å². The Hall–Kier alpha value is 0.0900. The van der Waals surface area contributed by atoms with Gasteiger partial charge in [0.1, 0.15) is 0 Å². The van der Waals surface area contributed by atoms with Gasteiger partial charge in [0.05, 0.1) is 0 Å². The van der Waals surface area contributed by atoms with Gasteiger partial charge in [-0.3, -0.25) is 0 Å². The molecule has 0 bridgehead atoms. The molecule has 1 rings (SSSR count). The zero-order valence-electron chi connectivity index (χ0n) is 5.10. The Balaban J connectivity index is 2.17. The number of hydrogen-bond acceptors (Lipinski definition) is 1. The van der Waals surface area contributed by atoms with Crippen molar-refractivity contribution in [2.45, 2.75) is 19.3 Å². The van der Waals surface area contributed by atoms with Gasteiger partial charge in [-0.2, -0.15) is 11.8 Å². The van der Waals surface area contributed by atoms with E-state index in [0.29, 0.717) is 0 Å². The quantitative estimate of drug-likeness (QED) is 0.452. The summed E-state index contributed by atoms with van der Waals surface area (Å²) in [5, 5.41) is 0. The molecule has 0 aromatic heterocycles. The maximum atomic E-state index is 2.31. The van der Waals surface area contributed by atoms with Crippen LogP contribution in [0.3, 0.4) is 0 Å². The van der Waals surface area contributed by atoms with Crippen molar-refractivity contribution in [1.29, 1.82) is 0 Å². The molecule has 0 spiro atoms. The summed E-state index contributed by atoms with van der Waals surface area (Å²) in [7, 11) is 0. The van der Waals surface area contributed by atoms with Gasteiger partial charge >= 0.3 is 0 Å². The molecule has 1 heterocycles. The molecule has 0 atom stereocenters. The van der Waals surface area contributed by atoms with Gasteiger partial charge in [0.2, 0.25) is 0 Å². The first-order valence-electron chi connectivity index (χ1n) is 3.23. The summed E-state index contributed by atoms with van der Waals surface area (Å²) in [6.45, 7) is 0. The van der Waals surface area contributed by atoms with Gasteiger partial charge < -0.3 is 0 Å². The Labute approximate surface area is 55.4 Å². The van der Waals surface area contributed by atoms with Crippen molar-refractivity contribution in [3.8, 4) is 0 Å². The van der Waals surface area contributed by atoms with Crippen LogP contribution in [0, 0.1) is 0 Å². The molecule has 0 nitrogen and oxygen atoms in total. The van der Waals surface area contributed by atoms with Gasteiger partial charge in [-0.25, -0.2) is 0 Å². The van der Waals surface area contributed by atoms with Crippen molar-refractivity contribution >= 4 is 11.8 Å². The smallest absolute Gasteiger partial charge is 0.00329 e. The SMILES string of the molecule is C1=CCCSCCC1. The van der Waals surface area contributed by atoms with Crippen LogP contribution in [0.1, 0.15) is 19.3 Å². The zero-order valence-corrected chi connectivity index (χ0v) is 5.91. The lowest BCUT2D eigenvalue weighted by atomic mass is 10.3. The third-order valence-electron chi connectivity index (χ3n) is 1.25. The molecule has 0 N–H and O–H groups in total. The van der Waals surface area contributed by atoms with E-state index in [1.807, 2.05) is 0 Å². The van der Waals surface area contributed by atoms with Crippen molar-refractivity contribution in [2.24, 2.45) is 0 Å². The highest BCUT2D eigenvalue weighted by molar-refractivity contribution is 7.99. The summed E-state index contributed by atoms with van der Waals surface area (Å²) in [6.07, 6.45) is 8.56. The van der Waals surface area contributed by atoms with Crippen LogP contribution in [0.4, 0.5) is 0 Å². The number of hydrogen-bond donors (Lipinski definition) is 0. The highest BCUT2D eigenvalue weighted by atomic mass is 32.2. The topological polar surface area (TPSA) is 0 Å². The summed E-state index contributed by atoms with van der Waals surface area (Å²) in [6, 6.07) is 0. The van der Waals surface area contributed by atoms with Crippen LogP contribution < -0.4 is 0 Å². The van der Waals surface area contributed by atoms with Gasteiger partial charge in [-0.05, 0) is 30.8 Å². The second kappa shape index (κ2) is 4.02. The minimum absolute atomic E-state index is 1.28. The van der Waals surface area contributed by atoms with E-state index in [1.54, 1.807) is 0 Å². The first-order chi connectivity index (χ1) is 4.00. The predicted molar refractivity (Wildman–Crippen MR) is 40.3 cm³/mol. The highest BCUT2D eigenvalue weighted by Crippen LogP contribution is 2.10.